The van der Waals surface area contributed by atoms with E-state index < -0.39 is 0 Å². The molecule has 0 aromatic heterocycles. The number of oxime groups is 1. The van der Waals surface area contributed by atoms with Gasteiger partial charge in [-0.05, 0) is 79.4 Å². The van der Waals surface area contributed by atoms with Gasteiger partial charge < -0.3 is 15.3 Å². The van der Waals surface area contributed by atoms with Crippen molar-refractivity contribution in [2.45, 2.75) is 51.4 Å². The predicted octanol–water partition coefficient (Wildman–Crippen LogP) is 4.14. The molecule has 6 heteroatoms. The van der Waals surface area contributed by atoms with Crippen molar-refractivity contribution in [3.63, 3.8) is 0 Å². The Labute approximate surface area is 183 Å². The van der Waals surface area contributed by atoms with Crippen LogP contribution in [0.5, 0.6) is 0 Å². The number of amides is 1. The summed E-state index contributed by atoms with van der Waals surface area (Å²) in [6.07, 6.45) is 5.22. The second-order valence-electron chi connectivity index (χ2n) is 10.4. The Morgan fingerprint density at radius 3 is 2.87 bits per heavy atom. The molecule has 3 aliphatic carbocycles. The molecule has 4 aliphatic rings. The Kier molecular flexibility index (Phi) is 5.32. The third-order valence-electron chi connectivity index (χ3n) is 9.09. The first kappa shape index (κ1) is 20.9. The lowest BCUT2D eigenvalue weighted by molar-refractivity contribution is -0.136. The third kappa shape index (κ3) is 3.21. The lowest BCUT2D eigenvalue weighted by Gasteiger charge is -2.51. The summed E-state index contributed by atoms with van der Waals surface area (Å²) in [5.41, 5.74) is 2.83. The summed E-state index contributed by atoms with van der Waals surface area (Å²) in [6.45, 7) is 3.55. The number of ether oxygens (including phenoxy) is 1. The number of fused-ring (bicyclic) bond motifs is 5. The molecule has 3 fully saturated rings. The molecule has 1 heterocycles. The Morgan fingerprint density at radius 1 is 1.39 bits per heavy atom. The fourth-order valence-electron chi connectivity index (χ4n) is 7.53. The minimum atomic E-state index is -0.144. The standard InChI is InChI=1S/C25H33FN2O3/c1-25-9-8-17-16-4-3-5-21(26)18(16)6-7-19(17)23(25)14(11-22(25)28-30)10-20(24(29)27-2)15-12-31-13-15/h3-5,14-15,17,19-20,23,30H,6-13H2,1-2H3,(H,27,29)/b28-22+/t14-,17?,19?,20?,23?,25-/m1/s1. The number of rotatable bonds is 4. The maximum absolute atomic E-state index is 14.5. The van der Waals surface area contributed by atoms with Gasteiger partial charge in [0.15, 0.2) is 0 Å². The molecule has 0 radical (unpaired) electrons. The van der Waals surface area contributed by atoms with Crippen molar-refractivity contribution >= 4 is 11.6 Å². The van der Waals surface area contributed by atoms with Crippen LogP contribution in [0, 0.1) is 40.8 Å². The number of nitrogens with zero attached hydrogens (tertiary/aromatic N) is 1. The zero-order valence-electron chi connectivity index (χ0n) is 18.4. The van der Waals surface area contributed by atoms with E-state index in [1.165, 1.54) is 5.56 Å². The van der Waals surface area contributed by atoms with Gasteiger partial charge in [-0.15, -0.1) is 0 Å². The van der Waals surface area contributed by atoms with Crippen LogP contribution in [0.25, 0.3) is 0 Å². The average molecular weight is 429 g/mol. The highest BCUT2D eigenvalue weighted by atomic mass is 19.1. The summed E-state index contributed by atoms with van der Waals surface area (Å²) < 4.78 is 19.9. The molecule has 1 aromatic carbocycles. The molecule has 1 saturated heterocycles. The molecule has 0 spiro atoms. The Balaban J connectivity index is 1.49. The quantitative estimate of drug-likeness (QED) is 0.559. The smallest absolute Gasteiger partial charge is 0.223 e. The third-order valence-corrected chi connectivity index (χ3v) is 9.09. The van der Waals surface area contributed by atoms with E-state index in [1.807, 2.05) is 6.07 Å². The molecule has 0 bridgehead atoms. The molecule has 31 heavy (non-hydrogen) atoms. The first-order valence-corrected chi connectivity index (χ1v) is 11.8. The van der Waals surface area contributed by atoms with E-state index in [1.54, 1.807) is 13.1 Å². The summed E-state index contributed by atoms with van der Waals surface area (Å²) >= 11 is 0. The van der Waals surface area contributed by atoms with Crippen molar-refractivity contribution in [1.82, 2.24) is 5.32 Å². The number of hydrogen-bond acceptors (Lipinski definition) is 4. The van der Waals surface area contributed by atoms with E-state index in [4.69, 9.17) is 4.74 Å². The highest BCUT2D eigenvalue weighted by Crippen LogP contribution is 2.63. The molecule has 168 valence electrons. The molecular weight excluding hydrogens is 395 g/mol. The Morgan fingerprint density at radius 2 is 2.19 bits per heavy atom. The maximum atomic E-state index is 14.5. The van der Waals surface area contributed by atoms with Crippen LogP contribution in [0.2, 0.25) is 0 Å². The highest BCUT2D eigenvalue weighted by molar-refractivity contribution is 5.92. The predicted molar refractivity (Wildman–Crippen MR) is 116 cm³/mol. The van der Waals surface area contributed by atoms with Crippen molar-refractivity contribution in [2.75, 3.05) is 20.3 Å². The van der Waals surface area contributed by atoms with E-state index in [0.717, 1.165) is 49.8 Å². The van der Waals surface area contributed by atoms with Crippen LogP contribution in [0.15, 0.2) is 23.4 Å². The van der Waals surface area contributed by atoms with E-state index >= 15 is 0 Å². The minimum absolute atomic E-state index is 0.0697. The van der Waals surface area contributed by atoms with Crippen LogP contribution in [0.3, 0.4) is 0 Å². The Bertz CT molecular complexity index is 899. The number of halogens is 1. The SMILES string of the molecule is CNC(=O)C(C[C@@H]1C/C(=N\O)[C@@]2(C)CCC3c4cccc(F)c4CCC3C12)C1COC1. The van der Waals surface area contributed by atoms with Crippen molar-refractivity contribution < 1.29 is 19.1 Å². The minimum Gasteiger partial charge on any atom is -0.411 e. The molecule has 2 N–H and O–H groups in total. The maximum Gasteiger partial charge on any atom is 0.223 e. The van der Waals surface area contributed by atoms with Crippen molar-refractivity contribution in [2.24, 2.45) is 40.2 Å². The number of hydrogen-bond donors (Lipinski definition) is 2. The second-order valence-corrected chi connectivity index (χ2v) is 10.4. The monoisotopic (exact) mass is 428 g/mol. The summed E-state index contributed by atoms with van der Waals surface area (Å²) in [6, 6.07) is 5.53. The molecule has 1 aromatic rings. The van der Waals surface area contributed by atoms with Gasteiger partial charge in [-0.3, -0.25) is 4.79 Å². The summed E-state index contributed by atoms with van der Waals surface area (Å²) in [5.74, 6) is 1.64. The zero-order chi connectivity index (χ0) is 21.8. The molecule has 6 atom stereocenters. The van der Waals surface area contributed by atoms with Crippen molar-refractivity contribution in [3.05, 3.63) is 35.1 Å². The second kappa shape index (κ2) is 7.88. The van der Waals surface area contributed by atoms with Gasteiger partial charge in [0, 0.05) is 24.3 Å². The van der Waals surface area contributed by atoms with E-state index in [0.29, 0.717) is 36.9 Å². The van der Waals surface area contributed by atoms with Gasteiger partial charge in [-0.1, -0.05) is 24.2 Å². The molecular formula is C25H33FN2O3. The van der Waals surface area contributed by atoms with Gasteiger partial charge in [-0.2, -0.15) is 0 Å². The summed E-state index contributed by atoms with van der Waals surface area (Å²) in [5, 5.41) is 16.5. The molecule has 5 rings (SSSR count). The van der Waals surface area contributed by atoms with Crippen LogP contribution in [-0.2, 0) is 16.0 Å². The lowest BCUT2D eigenvalue weighted by atomic mass is 9.53. The van der Waals surface area contributed by atoms with Gasteiger partial charge in [0.1, 0.15) is 5.82 Å². The van der Waals surface area contributed by atoms with Gasteiger partial charge >= 0.3 is 0 Å². The lowest BCUT2D eigenvalue weighted by Crippen LogP contribution is -2.46. The largest absolute Gasteiger partial charge is 0.411 e. The summed E-state index contributed by atoms with van der Waals surface area (Å²) in [7, 11) is 1.71. The van der Waals surface area contributed by atoms with Gasteiger partial charge in [0.05, 0.1) is 18.9 Å². The molecule has 4 unspecified atom stereocenters. The van der Waals surface area contributed by atoms with Crippen molar-refractivity contribution in [1.29, 1.82) is 0 Å². The van der Waals surface area contributed by atoms with E-state index in [2.05, 4.69) is 23.5 Å². The number of benzene rings is 1. The molecule has 5 nitrogen and oxygen atoms in total. The molecule has 2 saturated carbocycles. The number of carbonyl (C=O) groups is 1. The van der Waals surface area contributed by atoms with Crippen LogP contribution >= 0.6 is 0 Å². The van der Waals surface area contributed by atoms with Crippen molar-refractivity contribution in [3.8, 4) is 0 Å². The van der Waals surface area contributed by atoms with Gasteiger partial charge in [0.25, 0.3) is 0 Å². The molecule has 1 amide bonds. The highest BCUT2D eigenvalue weighted by Gasteiger charge is 2.58. The first-order valence-electron chi connectivity index (χ1n) is 11.8. The molecule has 1 aliphatic heterocycles. The summed E-state index contributed by atoms with van der Waals surface area (Å²) in [4.78, 5) is 12.7. The van der Waals surface area contributed by atoms with Gasteiger partial charge in [0.2, 0.25) is 5.91 Å². The van der Waals surface area contributed by atoms with E-state index in [9.17, 15) is 14.4 Å². The average Bonchev–Trinajstić information content (AvgIpc) is 3.03. The van der Waals surface area contributed by atoms with Crippen LogP contribution in [-0.4, -0.2) is 37.1 Å². The fourth-order valence-corrected chi connectivity index (χ4v) is 7.53. The normalized spacial score (nSPS) is 36.8. The zero-order valence-corrected chi connectivity index (χ0v) is 18.4. The number of nitrogens with one attached hydrogen (secondary N) is 1. The Hall–Kier alpha value is -1.95. The van der Waals surface area contributed by atoms with Crippen LogP contribution in [0.1, 0.15) is 56.1 Å². The van der Waals surface area contributed by atoms with Crippen LogP contribution < -0.4 is 5.32 Å². The van der Waals surface area contributed by atoms with Crippen LogP contribution in [0.4, 0.5) is 4.39 Å². The fraction of sp³-hybridized carbons (Fsp3) is 0.680. The first-order chi connectivity index (χ1) is 15.0. The number of carbonyl (C=O) groups excluding carboxylic acids is 1. The van der Waals surface area contributed by atoms with E-state index in [-0.39, 0.29) is 29.0 Å². The van der Waals surface area contributed by atoms with Gasteiger partial charge in [-0.25, -0.2) is 4.39 Å². The topological polar surface area (TPSA) is 70.9 Å².